The second kappa shape index (κ2) is 5.51. The molecule has 1 unspecified atom stereocenters. The molecule has 0 aromatic heterocycles. The van der Waals surface area contributed by atoms with Crippen molar-refractivity contribution >= 4 is 39.8 Å². The van der Waals surface area contributed by atoms with Crippen molar-refractivity contribution in [3.05, 3.63) is 17.7 Å². The molecule has 0 fully saturated rings. The number of anilines is 1. The van der Waals surface area contributed by atoms with E-state index >= 15 is 0 Å². The van der Waals surface area contributed by atoms with E-state index in [9.17, 15) is 5.11 Å². The first-order valence-electron chi connectivity index (χ1n) is 4.19. The minimum absolute atomic E-state index is 0.0569. The van der Waals surface area contributed by atoms with Crippen molar-refractivity contribution in [2.75, 3.05) is 12.2 Å². The van der Waals surface area contributed by atoms with Gasteiger partial charge in [0, 0.05) is 12.1 Å². The average molecular weight is 338 g/mol. The van der Waals surface area contributed by atoms with E-state index in [-0.39, 0.29) is 5.75 Å². The Labute approximate surface area is 103 Å². The maximum atomic E-state index is 9.58. The number of hydrogen-bond donors (Lipinski definition) is 3. The van der Waals surface area contributed by atoms with Crippen molar-refractivity contribution < 1.29 is 9.84 Å². The lowest BCUT2D eigenvalue weighted by Crippen LogP contribution is -2.01. The molecule has 4 nitrogen and oxygen atoms in total. The Morgan fingerprint density at radius 1 is 1.60 bits per heavy atom. The third-order valence-corrected chi connectivity index (χ3v) is 3.07. The highest BCUT2D eigenvalue weighted by Gasteiger charge is 2.15. The molecule has 6 heteroatoms. The van der Waals surface area contributed by atoms with Crippen LogP contribution >= 0.6 is 28.4 Å². The van der Waals surface area contributed by atoms with Crippen LogP contribution < -0.4 is 9.82 Å². The summed E-state index contributed by atoms with van der Waals surface area (Å²) in [5, 5.41) is 20.4. The second-order valence-electron chi connectivity index (χ2n) is 2.88. The van der Waals surface area contributed by atoms with E-state index < -0.39 is 0 Å². The molecule has 82 valence electrons. The van der Waals surface area contributed by atoms with Crippen LogP contribution in [0.15, 0.2) is 12.1 Å². The minimum Gasteiger partial charge on any atom is -0.504 e. The molecule has 0 aliphatic rings. The van der Waals surface area contributed by atoms with Gasteiger partial charge in [-0.1, -0.05) is 0 Å². The third kappa shape index (κ3) is 2.72. The molecule has 0 bridgehead atoms. The van der Waals surface area contributed by atoms with E-state index in [2.05, 4.69) is 27.1 Å². The zero-order chi connectivity index (χ0) is 11.4. The molecule has 15 heavy (non-hydrogen) atoms. The summed E-state index contributed by atoms with van der Waals surface area (Å²) in [4.78, 5) is 0. The van der Waals surface area contributed by atoms with Crippen molar-refractivity contribution in [1.82, 2.24) is 0 Å². The lowest BCUT2D eigenvalue weighted by atomic mass is 10.1. The molecule has 1 aromatic rings. The zero-order valence-electron chi connectivity index (χ0n) is 8.39. The van der Waals surface area contributed by atoms with Gasteiger partial charge in [-0.25, -0.2) is 0 Å². The number of rotatable bonds is 4. The number of hydrogen-bond acceptors (Lipinski definition) is 4. The van der Waals surface area contributed by atoms with E-state index in [4.69, 9.17) is 10.1 Å². The molecule has 0 heterocycles. The van der Waals surface area contributed by atoms with Crippen LogP contribution in [-0.2, 0) is 0 Å². The lowest BCUT2D eigenvalue weighted by molar-refractivity contribution is 0.373. The van der Waals surface area contributed by atoms with E-state index in [1.54, 1.807) is 19.1 Å². The van der Waals surface area contributed by atoms with Gasteiger partial charge in [-0.15, -0.1) is 0 Å². The molecule has 3 N–H and O–H groups in total. The molecule has 1 aromatic carbocycles. The molecule has 0 spiro atoms. The zero-order valence-corrected chi connectivity index (χ0v) is 11.5. The van der Waals surface area contributed by atoms with Gasteiger partial charge in [0.05, 0.1) is 18.4 Å². The summed E-state index contributed by atoms with van der Waals surface area (Å²) in [6.07, 6.45) is 0.505. The first kappa shape index (κ1) is 12.5. The molecule has 0 aliphatic heterocycles. The van der Waals surface area contributed by atoms with Crippen LogP contribution in [0.25, 0.3) is 0 Å². The average Bonchev–Trinajstić information content (AvgIpc) is 2.20. The Hall–Kier alpha value is -0.550. The van der Waals surface area contributed by atoms with Gasteiger partial charge in [0.25, 0.3) is 0 Å². The summed E-state index contributed by atoms with van der Waals surface area (Å²) < 4.78 is 5.09. The van der Waals surface area contributed by atoms with Crippen molar-refractivity contribution in [3.8, 4) is 11.5 Å². The van der Waals surface area contributed by atoms with Crippen molar-refractivity contribution in [2.24, 2.45) is 0 Å². The maximum absolute atomic E-state index is 9.58. The predicted octanol–water partition coefficient (Wildman–Crippen LogP) is 3.14. The Bertz CT molecular complexity index is 385. The Kier molecular flexibility index (Phi) is 4.60. The van der Waals surface area contributed by atoms with Gasteiger partial charge in [-0.2, -0.15) is 0 Å². The van der Waals surface area contributed by atoms with Gasteiger partial charge >= 0.3 is 0 Å². The van der Waals surface area contributed by atoms with Crippen molar-refractivity contribution in [2.45, 2.75) is 6.92 Å². The number of methoxy groups -OCH3 is 1. The predicted molar refractivity (Wildman–Crippen MR) is 73.1 cm³/mol. The fraction of sp³-hybridized carbons (Fsp3) is 0.222. The number of halogens is 1. The maximum Gasteiger partial charge on any atom is 0.171 e. The van der Waals surface area contributed by atoms with Crippen molar-refractivity contribution in [1.29, 1.82) is 5.41 Å². The standard InChI is InChI=1S/C9H12IN2O2P/c1-5(11)8-6(12-15-10)3-4-7(13)9(8)14-2/h3-4,11-13,15H,1-2H3. The van der Waals surface area contributed by atoms with E-state index in [1.807, 2.05) is 0 Å². The van der Waals surface area contributed by atoms with E-state index in [0.717, 1.165) is 5.69 Å². The first-order valence-corrected chi connectivity index (χ1v) is 8.30. The topological polar surface area (TPSA) is 65.3 Å². The summed E-state index contributed by atoms with van der Waals surface area (Å²) >= 11 is 2.21. The number of phenolic OH excluding ortho intramolecular Hbond substituents is 1. The summed E-state index contributed by atoms with van der Waals surface area (Å²) in [5.41, 5.74) is 1.78. The molecule has 1 rings (SSSR count). The molecule has 0 saturated heterocycles. The van der Waals surface area contributed by atoms with E-state index in [0.29, 0.717) is 23.4 Å². The molecule has 0 aliphatic carbocycles. The Morgan fingerprint density at radius 2 is 2.27 bits per heavy atom. The quantitative estimate of drug-likeness (QED) is 0.342. The summed E-state index contributed by atoms with van der Waals surface area (Å²) in [5.74, 6) is 0.406. The van der Waals surface area contributed by atoms with Crippen LogP contribution in [0.1, 0.15) is 12.5 Å². The van der Waals surface area contributed by atoms with Crippen LogP contribution in [0.4, 0.5) is 5.69 Å². The third-order valence-electron chi connectivity index (χ3n) is 1.90. The number of ether oxygens (including phenoxy) is 1. The fourth-order valence-corrected chi connectivity index (χ4v) is 2.49. The molecular weight excluding hydrogens is 326 g/mol. The summed E-state index contributed by atoms with van der Waals surface area (Å²) in [7, 11) is 1.48. The van der Waals surface area contributed by atoms with Gasteiger partial charge in [-0.3, -0.25) is 0 Å². The highest BCUT2D eigenvalue weighted by Crippen LogP contribution is 2.38. The van der Waals surface area contributed by atoms with Crippen LogP contribution in [0.2, 0.25) is 0 Å². The van der Waals surface area contributed by atoms with Gasteiger partial charge in [0.2, 0.25) is 0 Å². The minimum atomic E-state index is 0.0569. The van der Waals surface area contributed by atoms with Gasteiger partial charge < -0.3 is 20.3 Å². The number of aromatic hydroxyl groups is 1. The number of benzene rings is 1. The molecule has 0 saturated carbocycles. The lowest BCUT2D eigenvalue weighted by Gasteiger charge is -2.14. The Morgan fingerprint density at radius 3 is 2.73 bits per heavy atom. The molecule has 0 amide bonds. The number of phenols is 1. The normalized spacial score (nSPS) is 10.6. The molecular formula is C9H12IN2O2P. The summed E-state index contributed by atoms with van der Waals surface area (Å²) in [6.45, 7) is 1.67. The van der Waals surface area contributed by atoms with Crippen LogP contribution in [0, 0.1) is 5.41 Å². The number of nitrogens with one attached hydrogen (secondary N) is 2. The highest BCUT2D eigenvalue weighted by atomic mass is 127. The second-order valence-corrected chi connectivity index (χ2v) is 4.94. The smallest absolute Gasteiger partial charge is 0.171 e. The SMILES string of the molecule is COc1c(O)ccc(NPI)c1C(C)=N. The van der Waals surface area contributed by atoms with Gasteiger partial charge in [0.1, 0.15) is 0 Å². The van der Waals surface area contributed by atoms with Crippen LogP contribution in [-0.4, -0.2) is 17.9 Å². The summed E-state index contributed by atoms with van der Waals surface area (Å²) in [6, 6.07) is 3.31. The fourth-order valence-electron chi connectivity index (χ4n) is 1.31. The van der Waals surface area contributed by atoms with Gasteiger partial charge in [-0.05, 0) is 41.1 Å². The van der Waals surface area contributed by atoms with E-state index in [1.165, 1.54) is 7.11 Å². The molecule has 1 atom stereocenters. The monoisotopic (exact) mass is 338 g/mol. The van der Waals surface area contributed by atoms with Crippen LogP contribution in [0.3, 0.4) is 0 Å². The largest absolute Gasteiger partial charge is 0.504 e. The van der Waals surface area contributed by atoms with Gasteiger partial charge in [0.15, 0.2) is 11.5 Å². The van der Waals surface area contributed by atoms with Crippen LogP contribution in [0.5, 0.6) is 11.5 Å². The molecule has 0 radical (unpaired) electrons. The Balaban J connectivity index is 3.35. The van der Waals surface area contributed by atoms with Crippen molar-refractivity contribution in [3.63, 3.8) is 0 Å². The highest BCUT2D eigenvalue weighted by molar-refractivity contribution is 14.2. The first-order chi connectivity index (χ1) is 7.11.